The molecular weight excluding hydrogens is 585 g/mol. The number of nitrogens with one attached hydrogen (secondary N) is 1. The van der Waals surface area contributed by atoms with Crippen molar-refractivity contribution in [2.45, 2.75) is 6.54 Å². The SMILES string of the molecule is COc1cc(/C=C2/SC(=S)NC2=O)ccc1Oc1nc2c(c(=O)n(C)c(=O)n2C)n1Cc1ccc(Cl)cc1Cl. The highest BCUT2D eigenvalue weighted by atomic mass is 35.5. The number of amides is 1. The number of rotatable bonds is 6. The summed E-state index contributed by atoms with van der Waals surface area (Å²) in [5.74, 6) is 0.366. The quantitative estimate of drug-likeness (QED) is 0.259. The van der Waals surface area contributed by atoms with Crippen molar-refractivity contribution in [2.75, 3.05) is 7.11 Å². The molecule has 0 radical (unpaired) electrons. The topological polar surface area (TPSA) is 109 Å². The lowest BCUT2D eigenvalue weighted by Crippen LogP contribution is -2.37. The minimum absolute atomic E-state index is 0.0368. The first kappa shape index (κ1) is 27.0. The molecule has 200 valence electrons. The third kappa shape index (κ3) is 5.08. The maximum atomic E-state index is 13.2. The van der Waals surface area contributed by atoms with E-state index in [0.29, 0.717) is 41.9 Å². The van der Waals surface area contributed by atoms with Crippen molar-refractivity contribution in [1.29, 1.82) is 0 Å². The second-order valence-corrected chi connectivity index (χ2v) is 11.0. The number of carbonyl (C=O) groups excluding carboxylic acids is 1. The fourth-order valence-electron chi connectivity index (χ4n) is 4.00. The first-order chi connectivity index (χ1) is 18.6. The Balaban J connectivity index is 1.62. The lowest BCUT2D eigenvalue weighted by molar-refractivity contribution is -0.115. The van der Waals surface area contributed by atoms with Gasteiger partial charge in [0.05, 0.1) is 18.6 Å². The average molecular weight is 604 g/mol. The van der Waals surface area contributed by atoms with Crippen molar-refractivity contribution in [3.05, 3.63) is 83.3 Å². The molecule has 1 aliphatic rings. The predicted molar refractivity (Wildman–Crippen MR) is 155 cm³/mol. The molecule has 4 aromatic rings. The summed E-state index contributed by atoms with van der Waals surface area (Å²) in [5.41, 5.74) is 0.556. The highest BCUT2D eigenvalue weighted by molar-refractivity contribution is 8.26. The van der Waals surface area contributed by atoms with Crippen LogP contribution in [0.25, 0.3) is 17.2 Å². The van der Waals surface area contributed by atoms with E-state index in [1.165, 1.54) is 37.5 Å². The number of nitrogens with zero attached hydrogens (tertiary/aromatic N) is 4. The number of halogens is 2. The Kier molecular flexibility index (Phi) is 7.29. The van der Waals surface area contributed by atoms with Crippen LogP contribution in [0.1, 0.15) is 11.1 Å². The van der Waals surface area contributed by atoms with E-state index >= 15 is 0 Å². The molecule has 1 amide bonds. The molecule has 1 saturated heterocycles. The minimum Gasteiger partial charge on any atom is -0.493 e. The number of ether oxygens (including phenoxy) is 2. The van der Waals surface area contributed by atoms with Gasteiger partial charge in [-0.25, -0.2) is 4.79 Å². The van der Waals surface area contributed by atoms with Crippen LogP contribution in [0, 0.1) is 0 Å². The van der Waals surface area contributed by atoms with E-state index in [9.17, 15) is 14.4 Å². The van der Waals surface area contributed by atoms with Gasteiger partial charge in [0, 0.05) is 24.1 Å². The highest BCUT2D eigenvalue weighted by Gasteiger charge is 2.24. The number of carbonyl (C=O) groups is 1. The first-order valence-electron chi connectivity index (χ1n) is 11.3. The van der Waals surface area contributed by atoms with Crippen LogP contribution < -0.4 is 26.0 Å². The molecule has 10 nitrogen and oxygen atoms in total. The fourth-order valence-corrected chi connectivity index (χ4v) is 5.51. The summed E-state index contributed by atoms with van der Waals surface area (Å²) >= 11 is 18.7. The first-order valence-corrected chi connectivity index (χ1v) is 13.3. The molecule has 0 bridgehead atoms. The molecule has 0 atom stereocenters. The summed E-state index contributed by atoms with van der Waals surface area (Å²) in [7, 11) is 4.39. The van der Waals surface area contributed by atoms with E-state index < -0.39 is 11.2 Å². The number of aryl methyl sites for hydroxylation is 1. The molecule has 0 unspecified atom stereocenters. The van der Waals surface area contributed by atoms with Crippen LogP contribution >= 0.6 is 47.2 Å². The average Bonchev–Trinajstić information content (AvgIpc) is 3.42. The lowest BCUT2D eigenvalue weighted by Gasteiger charge is -2.13. The summed E-state index contributed by atoms with van der Waals surface area (Å²) < 4.78 is 15.9. The Morgan fingerprint density at radius 3 is 2.51 bits per heavy atom. The summed E-state index contributed by atoms with van der Waals surface area (Å²) in [6, 6.07) is 10.1. The summed E-state index contributed by atoms with van der Waals surface area (Å²) in [5, 5.41) is 3.43. The summed E-state index contributed by atoms with van der Waals surface area (Å²) in [6.45, 7) is 0.105. The Labute approximate surface area is 240 Å². The van der Waals surface area contributed by atoms with Gasteiger partial charge in [-0.05, 0) is 41.5 Å². The van der Waals surface area contributed by atoms with E-state index in [-0.39, 0.29) is 29.6 Å². The fraction of sp³-hybridized carbons (Fsp3) is 0.160. The second-order valence-electron chi connectivity index (χ2n) is 8.46. The van der Waals surface area contributed by atoms with Gasteiger partial charge in [-0.1, -0.05) is 59.3 Å². The molecule has 3 heterocycles. The van der Waals surface area contributed by atoms with Crippen molar-refractivity contribution >= 4 is 74.6 Å². The zero-order valence-electron chi connectivity index (χ0n) is 20.7. The molecule has 1 N–H and O–H groups in total. The van der Waals surface area contributed by atoms with Crippen LogP contribution in [0.3, 0.4) is 0 Å². The molecule has 0 aliphatic carbocycles. The van der Waals surface area contributed by atoms with Gasteiger partial charge in [-0.2, -0.15) is 4.98 Å². The molecule has 0 saturated carbocycles. The smallest absolute Gasteiger partial charge is 0.332 e. The number of aromatic nitrogens is 4. The molecule has 1 fully saturated rings. The van der Waals surface area contributed by atoms with Gasteiger partial charge in [-0.15, -0.1) is 0 Å². The number of hydrogen-bond donors (Lipinski definition) is 1. The number of fused-ring (bicyclic) bond motifs is 1. The van der Waals surface area contributed by atoms with Crippen LogP contribution in [0.15, 0.2) is 50.9 Å². The minimum atomic E-state index is -0.542. The van der Waals surface area contributed by atoms with Gasteiger partial charge in [0.25, 0.3) is 11.5 Å². The maximum absolute atomic E-state index is 13.2. The van der Waals surface area contributed by atoms with Crippen molar-refractivity contribution in [1.82, 2.24) is 24.0 Å². The third-order valence-electron chi connectivity index (χ3n) is 5.99. The third-order valence-corrected chi connectivity index (χ3v) is 7.73. The number of hydrogen-bond acceptors (Lipinski definition) is 8. The second kappa shape index (κ2) is 10.5. The Morgan fingerprint density at radius 1 is 1.08 bits per heavy atom. The van der Waals surface area contributed by atoms with E-state index in [1.54, 1.807) is 47.0 Å². The van der Waals surface area contributed by atoms with Gasteiger partial charge >= 0.3 is 11.7 Å². The molecule has 2 aromatic carbocycles. The Bertz CT molecular complexity index is 1840. The molecule has 14 heteroatoms. The van der Waals surface area contributed by atoms with Crippen molar-refractivity contribution < 1.29 is 14.3 Å². The zero-order chi connectivity index (χ0) is 28.0. The van der Waals surface area contributed by atoms with E-state index in [2.05, 4.69) is 10.3 Å². The lowest BCUT2D eigenvalue weighted by atomic mass is 10.2. The van der Waals surface area contributed by atoms with Crippen molar-refractivity contribution in [2.24, 2.45) is 14.1 Å². The van der Waals surface area contributed by atoms with E-state index in [0.717, 1.165) is 4.57 Å². The highest BCUT2D eigenvalue weighted by Crippen LogP contribution is 2.35. The molecule has 5 rings (SSSR count). The van der Waals surface area contributed by atoms with Crippen LogP contribution in [0.4, 0.5) is 0 Å². The van der Waals surface area contributed by atoms with Crippen LogP contribution in [0.2, 0.25) is 10.0 Å². The monoisotopic (exact) mass is 603 g/mol. The largest absolute Gasteiger partial charge is 0.493 e. The summed E-state index contributed by atoms with van der Waals surface area (Å²) in [4.78, 5) is 42.8. The van der Waals surface area contributed by atoms with Gasteiger partial charge in [0.2, 0.25) is 0 Å². The van der Waals surface area contributed by atoms with Gasteiger partial charge in [-0.3, -0.25) is 23.3 Å². The number of benzene rings is 2. The maximum Gasteiger partial charge on any atom is 0.332 e. The molecule has 39 heavy (non-hydrogen) atoms. The number of methoxy groups -OCH3 is 1. The van der Waals surface area contributed by atoms with Crippen LogP contribution in [0.5, 0.6) is 17.5 Å². The standard InChI is InChI=1S/C25H19Cl2N5O5S2/c1-30-20-19(22(34)31(2)25(30)35)32(11-13-5-6-14(26)10-15(13)27)23(28-20)37-16-7-4-12(8-17(16)36-3)9-18-21(33)29-24(38)39-18/h4-10H,11H2,1-3H3,(H,29,33,38)/b18-9+. The van der Waals surface area contributed by atoms with Crippen LogP contribution in [-0.4, -0.2) is 36.0 Å². The summed E-state index contributed by atoms with van der Waals surface area (Å²) in [6.07, 6.45) is 1.68. The van der Waals surface area contributed by atoms with Crippen molar-refractivity contribution in [3.63, 3.8) is 0 Å². The normalized spacial score (nSPS) is 14.3. The molecule has 2 aromatic heterocycles. The van der Waals surface area contributed by atoms with E-state index in [1.807, 2.05) is 0 Å². The number of thioether (sulfide) groups is 1. The van der Waals surface area contributed by atoms with Gasteiger partial charge in [0.15, 0.2) is 22.7 Å². The molecular formula is C25H19Cl2N5O5S2. The van der Waals surface area contributed by atoms with E-state index in [4.69, 9.17) is 44.9 Å². The number of thiocarbonyl (C=S) groups is 1. The molecule has 1 aliphatic heterocycles. The Morgan fingerprint density at radius 2 is 1.85 bits per heavy atom. The van der Waals surface area contributed by atoms with Crippen LogP contribution in [-0.2, 0) is 25.4 Å². The Hall–Kier alpha value is -3.58. The van der Waals surface area contributed by atoms with Crippen molar-refractivity contribution in [3.8, 4) is 17.5 Å². The van der Waals surface area contributed by atoms with Gasteiger partial charge in [0.1, 0.15) is 4.32 Å². The zero-order valence-corrected chi connectivity index (χ0v) is 23.8. The number of imidazole rings is 1. The van der Waals surface area contributed by atoms with Gasteiger partial charge < -0.3 is 14.8 Å². The molecule has 0 spiro atoms. The predicted octanol–water partition coefficient (Wildman–Crippen LogP) is 4.08.